The van der Waals surface area contributed by atoms with E-state index >= 15 is 0 Å². The Hall–Kier alpha value is -0.610. The van der Waals surface area contributed by atoms with Crippen LogP contribution in [0.5, 0.6) is 0 Å². The summed E-state index contributed by atoms with van der Waals surface area (Å²) in [6.45, 7) is 4.54. The minimum absolute atomic E-state index is 0.282. The maximum absolute atomic E-state index is 12.5. The Bertz CT molecular complexity index is 315. The SMILES string of the molecule is CC1CCN(CC(=O)N(C)C2CCCCC2)C(CN)C1. The minimum atomic E-state index is 0.282. The van der Waals surface area contributed by atoms with Crippen LogP contribution in [0.15, 0.2) is 0 Å². The van der Waals surface area contributed by atoms with Crippen molar-refractivity contribution < 1.29 is 4.79 Å². The van der Waals surface area contributed by atoms with E-state index in [-0.39, 0.29) is 5.91 Å². The fourth-order valence-corrected chi connectivity index (χ4v) is 3.71. The number of nitrogens with two attached hydrogens (primary N) is 1. The molecule has 0 aromatic heterocycles. The van der Waals surface area contributed by atoms with E-state index in [4.69, 9.17) is 5.73 Å². The summed E-state index contributed by atoms with van der Waals surface area (Å²) < 4.78 is 0. The van der Waals surface area contributed by atoms with E-state index in [2.05, 4.69) is 11.8 Å². The van der Waals surface area contributed by atoms with Crippen LogP contribution in [0.2, 0.25) is 0 Å². The lowest BCUT2D eigenvalue weighted by Crippen LogP contribution is -2.51. The van der Waals surface area contributed by atoms with Gasteiger partial charge in [0.25, 0.3) is 0 Å². The number of hydrogen-bond acceptors (Lipinski definition) is 3. The molecule has 4 heteroatoms. The van der Waals surface area contributed by atoms with E-state index in [1.807, 2.05) is 11.9 Å². The maximum Gasteiger partial charge on any atom is 0.236 e. The molecule has 2 unspecified atom stereocenters. The Morgan fingerprint density at radius 2 is 1.95 bits per heavy atom. The number of rotatable bonds is 4. The first-order valence-electron chi connectivity index (χ1n) is 8.31. The van der Waals surface area contributed by atoms with Gasteiger partial charge in [-0.15, -0.1) is 0 Å². The predicted molar refractivity (Wildman–Crippen MR) is 82.5 cm³/mol. The Kier molecular flexibility index (Phi) is 5.85. The molecule has 1 aliphatic heterocycles. The van der Waals surface area contributed by atoms with Crippen molar-refractivity contribution in [1.82, 2.24) is 9.80 Å². The van der Waals surface area contributed by atoms with Gasteiger partial charge in [0.15, 0.2) is 0 Å². The number of hydrogen-bond donors (Lipinski definition) is 1. The third-order valence-corrected chi connectivity index (χ3v) is 5.23. The molecule has 0 aromatic rings. The smallest absolute Gasteiger partial charge is 0.236 e. The summed E-state index contributed by atoms with van der Waals surface area (Å²) in [5.74, 6) is 1.02. The summed E-state index contributed by atoms with van der Waals surface area (Å²) in [5, 5.41) is 0. The lowest BCUT2D eigenvalue weighted by molar-refractivity contribution is -0.134. The predicted octanol–water partition coefficient (Wildman–Crippen LogP) is 1.84. The first-order chi connectivity index (χ1) is 9.61. The van der Waals surface area contributed by atoms with Gasteiger partial charge in [-0.3, -0.25) is 9.69 Å². The topological polar surface area (TPSA) is 49.6 Å². The van der Waals surface area contributed by atoms with Crippen molar-refractivity contribution in [2.75, 3.05) is 26.7 Å². The standard InChI is InChI=1S/C16H31N3O/c1-13-8-9-19(15(10-13)11-17)12-16(20)18(2)14-6-4-3-5-7-14/h13-15H,3-12,17H2,1-2H3. The summed E-state index contributed by atoms with van der Waals surface area (Å²) in [6, 6.07) is 0.860. The van der Waals surface area contributed by atoms with E-state index in [9.17, 15) is 4.79 Å². The van der Waals surface area contributed by atoms with Gasteiger partial charge in [0.1, 0.15) is 0 Å². The normalized spacial score (nSPS) is 29.4. The lowest BCUT2D eigenvalue weighted by atomic mass is 9.92. The third kappa shape index (κ3) is 3.95. The molecule has 0 spiro atoms. The molecule has 1 saturated carbocycles. The zero-order chi connectivity index (χ0) is 14.5. The van der Waals surface area contributed by atoms with Crippen LogP contribution in [0.4, 0.5) is 0 Å². The number of likely N-dealkylation sites (tertiary alicyclic amines) is 1. The molecule has 0 bridgehead atoms. The molecular weight excluding hydrogens is 250 g/mol. The van der Waals surface area contributed by atoms with Gasteiger partial charge in [0.05, 0.1) is 6.54 Å². The Morgan fingerprint density at radius 1 is 1.25 bits per heavy atom. The van der Waals surface area contributed by atoms with Gasteiger partial charge in [-0.25, -0.2) is 0 Å². The molecule has 0 radical (unpaired) electrons. The fourth-order valence-electron chi connectivity index (χ4n) is 3.71. The van der Waals surface area contributed by atoms with Crippen molar-refractivity contribution in [2.24, 2.45) is 11.7 Å². The second-order valence-electron chi connectivity index (χ2n) is 6.79. The van der Waals surface area contributed by atoms with Crippen molar-refractivity contribution >= 4 is 5.91 Å². The number of likely N-dealkylation sites (N-methyl/N-ethyl adjacent to an activating group) is 1. The van der Waals surface area contributed by atoms with Crippen LogP contribution in [0.3, 0.4) is 0 Å². The molecule has 2 rings (SSSR count). The van der Waals surface area contributed by atoms with E-state index in [0.29, 0.717) is 25.2 Å². The average molecular weight is 281 g/mol. The Morgan fingerprint density at radius 3 is 2.60 bits per heavy atom. The molecule has 1 aliphatic carbocycles. The fraction of sp³-hybridized carbons (Fsp3) is 0.938. The van der Waals surface area contributed by atoms with Crippen molar-refractivity contribution in [2.45, 2.75) is 64.0 Å². The molecular formula is C16H31N3O. The molecule has 1 saturated heterocycles. The average Bonchev–Trinajstić information content (AvgIpc) is 2.49. The molecule has 4 nitrogen and oxygen atoms in total. The summed E-state index contributed by atoms with van der Waals surface area (Å²) in [5.41, 5.74) is 5.88. The van der Waals surface area contributed by atoms with Crippen LogP contribution in [0, 0.1) is 5.92 Å². The second kappa shape index (κ2) is 7.41. The zero-order valence-corrected chi connectivity index (χ0v) is 13.2. The van der Waals surface area contributed by atoms with E-state index < -0.39 is 0 Å². The molecule has 0 aromatic carbocycles. The number of nitrogens with zero attached hydrogens (tertiary/aromatic N) is 2. The van der Waals surface area contributed by atoms with Gasteiger partial charge in [0, 0.05) is 25.7 Å². The molecule has 2 fully saturated rings. The van der Waals surface area contributed by atoms with Gasteiger partial charge >= 0.3 is 0 Å². The van der Waals surface area contributed by atoms with Crippen molar-refractivity contribution in [1.29, 1.82) is 0 Å². The van der Waals surface area contributed by atoms with Gasteiger partial charge < -0.3 is 10.6 Å². The van der Waals surface area contributed by atoms with Crippen LogP contribution in [-0.2, 0) is 4.79 Å². The van der Waals surface area contributed by atoms with E-state index in [1.54, 1.807) is 0 Å². The van der Waals surface area contributed by atoms with Gasteiger partial charge in [-0.2, -0.15) is 0 Å². The minimum Gasteiger partial charge on any atom is -0.342 e. The molecule has 2 aliphatic rings. The number of carbonyl (C=O) groups is 1. The largest absolute Gasteiger partial charge is 0.342 e. The van der Waals surface area contributed by atoms with E-state index in [0.717, 1.165) is 18.9 Å². The highest BCUT2D eigenvalue weighted by Gasteiger charge is 2.29. The highest BCUT2D eigenvalue weighted by molar-refractivity contribution is 5.78. The van der Waals surface area contributed by atoms with Gasteiger partial charge in [-0.1, -0.05) is 26.2 Å². The molecule has 20 heavy (non-hydrogen) atoms. The molecule has 1 heterocycles. The summed E-state index contributed by atoms with van der Waals surface area (Å²) in [7, 11) is 1.99. The first-order valence-corrected chi connectivity index (χ1v) is 8.31. The molecule has 1 amide bonds. The molecule has 2 N–H and O–H groups in total. The van der Waals surface area contributed by atoms with Crippen LogP contribution in [-0.4, -0.2) is 54.5 Å². The quantitative estimate of drug-likeness (QED) is 0.855. The van der Waals surface area contributed by atoms with Crippen LogP contribution >= 0.6 is 0 Å². The van der Waals surface area contributed by atoms with E-state index in [1.165, 1.54) is 38.5 Å². The summed E-state index contributed by atoms with van der Waals surface area (Å²) in [6.07, 6.45) is 8.56. The highest BCUT2D eigenvalue weighted by atomic mass is 16.2. The van der Waals surface area contributed by atoms with Gasteiger partial charge in [0.2, 0.25) is 5.91 Å². The van der Waals surface area contributed by atoms with Crippen LogP contribution in [0.1, 0.15) is 51.9 Å². The van der Waals surface area contributed by atoms with Crippen LogP contribution in [0.25, 0.3) is 0 Å². The van der Waals surface area contributed by atoms with Gasteiger partial charge in [-0.05, 0) is 38.1 Å². The number of amides is 1. The summed E-state index contributed by atoms with van der Waals surface area (Å²) in [4.78, 5) is 16.8. The van der Waals surface area contributed by atoms with Crippen molar-refractivity contribution in [3.8, 4) is 0 Å². The zero-order valence-electron chi connectivity index (χ0n) is 13.2. The molecule has 116 valence electrons. The Labute approximate surface area is 123 Å². The Balaban J connectivity index is 1.86. The van der Waals surface area contributed by atoms with Crippen molar-refractivity contribution in [3.63, 3.8) is 0 Å². The number of piperidine rings is 1. The number of carbonyl (C=O) groups excluding carboxylic acids is 1. The summed E-state index contributed by atoms with van der Waals surface area (Å²) >= 11 is 0. The van der Waals surface area contributed by atoms with Crippen LogP contribution < -0.4 is 5.73 Å². The maximum atomic E-state index is 12.5. The lowest BCUT2D eigenvalue weighted by Gasteiger charge is -2.39. The monoisotopic (exact) mass is 281 g/mol. The highest BCUT2D eigenvalue weighted by Crippen LogP contribution is 2.24. The third-order valence-electron chi connectivity index (χ3n) is 5.23. The van der Waals surface area contributed by atoms with Crippen molar-refractivity contribution in [3.05, 3.63) is 0 Å². The molecule has 2 atom stereocenters. The second-order valence-corrected chi connectivity index (χ2v) is 6.79. The first kappa shape index (κ1) is 15.8.